The van der Waals surface area contributed by atoms with Crippen LogP contribution in [0.1, 0.15) is 31.8 Å². The molecule has 1 aliphatic carbocycles. The summed E-state index contributed by atoms with van der Waals surface area (Å²) in [6.45, 7) is 0. The summed E-state index contributed by atoms with van der Waals surface area (Å²) in [7, 11) is 0. The van der Waals surface area contributed by atoms with Crippen LogP contribution in [-0.2, 0) is 0 Å². The molecule has 0 aromatic heterocycles. The van der Waals surface area contributed by atoms with E-state index in [1.807, 2.05) is 0 Å². The monoisotopic (exact) mass is 316 g/mol. The molecule has 4 nitrogen and oxygen atoms in total. The van der Waals surface area contributed by atoms with Crippen LogP contribution in [-0.4, -0.2) is 11.6 Å². The number of fused-ring (bicyclic) bond motifs is 2. The number of hydrogen-bond acceptors (Lipinski definition) is 4. The zero-order chi connectivity index (χ0) is 13.7. The van der Waals surface area contributed by atoms with Crippen molar-refractivity contribution in [3.8, 4) is 0 Å². The van der Waals surface area contributed by atoms with Gasteiger partial charge in [-0.2, -0.15) is 0 Å². The number of carbonyl (C=O) groups is 2. The number of benzene rings is 2. The van der Waals surface area contributed by atoms with Gasteiger partial charge >= 0.3 is 0 Å². The molecule has 19 heavy (non-hydrogen) atoms. The Balaban J connectivity index is 2.36. The number of nitrogens with two attached hydrogens (primary N) is 2. The molecule has 0 fully saturated rings. The maximum Gasteiger partial charge on any atom is 0.195 e. The van der Waals surface area contributed by atoms with Crippen molar-refractivity contribution in [2.75, 3.05) is 11.5 Å². The smallest absolute Gasteiger partial charge is 0.195 e. The second kappa shape index (κ2) is 3.93. The Morgan fingerprint density at radius 1 is 0.842 bits per heavy atom. The molecule has 0 bridgehead atoms. The van der Waals surface area contributed by atoms with Gasteiger partial charge in [0.25, 0.3) is 0 Å². The van der Waals surface area contributed by atoms with E-state index in [0.717, 1.165) is 0 Å². The summed E-state index contributed by atoms with van der Waals surface area (Å²) in [5.41, 5.74) is 13.7. The van der Waals surface area contributed by atoms with E-state index in [0.29, 0.717) is 38.1 Å². The molecular weight excluding hydrogens is 308 g/mol. The van der Waals surface area contributed by atoms with Crippen molar-refractivity contribution in [1.82, 2.24) is 0 Å². The van der Waals surface area contributed by atoms with E-state index in [2.05, 4.69) is 15.9 Å². The molecule has 94 valence electrons. The Morgan fingerprint density at radius 3 is 2.26 bits per heavy atom. The van der Waals surface area contributed by atoms with Crippen molar-refractivity contribution in [3.05, 3.63) is 57.1 Å². The summed E-state index contributed by atoms with van der Waals surface area (Å²) in [6.07, 6.45) is 0. The lowest BCUT2D eigenvalue weighted by atomic mass is 9.83. The molecule has 0 atom stereocenters. The summed E-state index contributed by atoms with van der Waals surface area (Å²) < 4.78 is 0.464. The molecule has 0 amide bonds. The lowest BCUT2D eigenvalue weighted by Crippen LogP contribution is -2.22. The van der Waals surface area contributed by atoms with Crippen molar-refractivity contribution in [3.63, 3.8) is 0 Å². The molecule has 0 saturated heterocycles. The largest absolute Gasteiger partial charge is 0.399 e. The molecule has 2 aromatic rings. The van der Waals surface area contributed by atoms with Crippen molar-refractivity contribution < 1.29 is 9.59 Å². The van der Waals surface area contributed by atoms with Crippen LogP contribution in [0.15, 0.2) is 34.8 Å². The first-order valence-electron chi connectivity index (χ1n) is 5.57. The first-order chi connectivity index (χ1) is 9.00. The summed E-state index contributed by atoms with van der Waals surface area (Å²) in [6, 6.07) is 7.88. The molecular formula is C14H9BrN2O2. The average Bonchev–Trinajstić information content (AvgIpc) is 2.39. The van der Waals surface area contributed by atoms with Crippen molar-refractivity contribution in [2.24, 2.45) is 0 Å². The molecule has 4 N–H and O–H groups in total. The lowest BCUT2D eigenvalue weighted by molar-refractivity contribution is 0.0978. The van der Waals surface area contributed by atoms with E-state index >= 15 is 0 Å². The number of anilines is 2. The third-order valence-corrected chi connectivity index (χ3v) is 4.03. The van der Waals surface area contributed by atoms with Crippen LogP contribution in [0, 0.1) is 0 Å². The van der Waals surface area contributed by atoms with Crippen LogP contribution in [0.5, 0.6) is 0 Å². The lowest BCUT2D eigenvalue weighted by Gasteiger charge is -2.19. The highest BCUT2D eigenvalue weighted by atomic mass is 79.9. The number of rotatable bonds is 0. The Morgan fingerprint density at radius 2 is 1.53 bits per heavy atom. The molecule has 5 heteroatoms. The number of carbonyl (C=O) groups excluding carboxylic acids is 2. The van der Waals surface area contributed by atoms with Gasteiger partial charge in [-0.25, -0.2) is 0 Å². The molecule has 1 aliphatic rings. The van der Waals surface area contributed by atoms with Gasteiger partial charge in [-0.15, -0.1) is 0 Å². The molecule has 0 heterocycles. The highest BCUT2D eigenvalue weighted by Gasteiger charge is 2.31. The van der Waals surface area contributed by atoms with Gasteiger partial charge in [0.1, 0.15) is 0 Å². The topological polar surface area (TPSA) is 86.2 Å². The summed E-state index contributed by atoms with van der Waals surface area (Å²) in [5.74, 6) is -0.429. The molecule has 0 saturated carbocycles. The minimum absolute atomic E-state index is 0.211. The number of hydrogen-bond donors (Lipinski definition) is 2. The highest BCUT2D eigenvalue weighted by Crippen LogP contribution is 2.35. The molecule has 0 spiro atoms. The third-order valence-electron chi connectivity index (χ3n) is 3.18. The second-order valence-electron chi connectivity index (χ2n) is 4.35. The fourth-order valence-corrected chi connectivity index (χ4v) is 2.76. The summed E-state index contributed by atoms with van der Waals surface area (Å²) in [4.78, 5) is 24.9. The molecule has 2 aromatic carbocycles. The van der Waals surface area contributed by atoms with Gasteiger partial charge in [-0.3, -0.25) is 9.59 Å². The van der Waals surface area contributed by atoms with Crippen molar-refractivity contribution in [1.29, 1.82) is 0 Å². The highest BCUT2D eigenvalue weighted by molar-refractivity contribution is 9.10. The Labute approximate surface area is 117 Å². The third kappa shape index (κ3) is 1.58. The fourth-order valence-electron chi connectivity index (χ4n) is 2.23. The summed E-state index contributed by atoms with van der Waals surface area (Å²) in [5, 5.41) is 0. The van der Waals surface area contributed by atoms with Gasteiger partial charge in [0, 0.05) is 33.6 Å². The maximum absolute atomic E-state index is 12.5. The number of nitrogen functional groups attached to an aromatic ring is 2. The fraction of sp³-hybridized carbons (Fsp3) is 0. The van der Waals surface area contributed by atoms with Gasteiger partial charge in [0.05, 0.1) is 4.47 Å². The van der Waals surface area contributed by atoms with Crippen LogP contribution in [0.4, 0.5) is 11.4 Å². The van der Waals surface area contributed by atoms with Crippen molar-refractivity contribution >= 4 is 38.9 Å². The standard InChI is InChI=1S/C14H9BrN2O2/c15-12-10(17)4-3-8-11(12)14(19)7-2-1-6(16)5-9(7)13(8)18/h1-5H,16-17H2. The van der Waals surface area contributed by atoms with E-state index < -0.39 is 0 Å². The van der Waals surface area contributed by atoms with E-state index in [9.17, 15) is 9.59 Å². The van der Waals surface area contributed by atoms with Gasteiger partial charge in [-0.05, 0) is 46.3 Å². The zero-order valence-corrected chi connectivity index (χ0v) is 11.3. The van der Waals surface area contributed by atoms with Crippen LogP contribution < -0.4 is 11.5 Å². The first-order valence-corrected chi connectivity index (χ1v) is 6.37. The predicted octanol–water partition coefficient (Wildman–Crippen LogP) is 2.39. The maximum atomic E-state index is 12.5. The first kappa shape index (κ1) is 11.9. The van der Waals surface area contributed by atoms with Gasteiger partial charge in [0.2, 0.25) is 0 Å². The molecule has 0 radical (unpaired) electrons. The molecule has 0 aliphatic heterocycles. The molecule has 0 unspecified atom stereocenters. The van der Waals surface area contributed by atoms with Crippen LogP contribution in [0.25, 0.3) is 0 Å². The minimum atomic E-state index is -0.219. The van der Waals surface area contributed by atoms with Gasteiger partial charge < -0.3 is 11.5 Å². The second-order valence-corrected chi connectivity index (χ2v) is 5.15. The number of halogens is 1. The van der Waals surface area contributed by atoms with Gasteiger partial charge in [0.15, 0.2) is 11.6 Å². The van der Waals surface area contributed by atoms with Crippen LogP contribution >= 0.6 is 15.9 Å². The number of ketones is 2. The van der Waals surface area contributed by atoms with Crippen LogP contribution in [0.3, 0.4) is 0 Å². The Kier molecular flexibility index (Phi) is 2.46. The normalized spacial score (nSPS) is 13.1. The minimum Gasteiger partial charge on any atom is -0.399 e. The van der Waals surface area contributed by atoms with E-state index in [1.54, 1.807) is 24.3 Å². The Hall–Kier alpha value is -2.14. The SMILES string of the molecule is Nc1ccc2c(c1)C(=O)c1ccc(N)c(Br)c1C2=O. The Bertz CT molecular complexity index is 753. The van der Waals surface area contributed by atoms with E-state index in [4.69, 9.17) is 11.5 Å². The predicted molar refractivity (Wildman–Crippen MR) is 76.3 cm³/mol. The quantitative estimate of drug-likeness (QED) is 0.623. The van der Waals surface area contributed by atoms with E-state index in [1.165, 1.54) is 6.07 Å². The zero-order valence-electron chi connectivity index (χ0n) is 9.74. The van der Waals surface area contributed by atoms with Crippen molar-refractivity contribution in [2.45, 2.75) is 0 Å². The van der Waals surface area contributed by atoms with Gasteiger partial charge in [-0.1, -0.05) is 0 Å². The van der Waals surface area contributed by atoms with Crippen LogP contribution in [0.2, 0.25) is 0 Å². The average molecular weight is 317 g/mol. The summed E-state index contributed by atoms with van der Waals surface area (Å²) >= 11 is 3.28. The molecule has 3 rings (SSSR count). The van der Waals surface area contributed by atoms with E-state index in [-0.39, 0.29) is 11.6 Å².